The number of anilines is 1. The number of amides is 1. The van der Waals surface area contributed by atoms with Crippen LogP contribution < -0.4 is 10.5 Å². The minimum atomic E-state index is -5.80. The van der Waals surface area contributed by atoms with Gasteiger partial charge in [-0.05, 0) is 18.2 Å². The Hall–Kier alpha value is -1.84. The van der Waals surface area contributed by atoms with Crippen LogP contribution in [0.15, 0.2) is 18.2 Å². The van der Waals surface area contributed by atoms with E-state index < -0.39 is 38.5 Å². The van der Waals surface area contributed by atoms with Crippen LogP contribution in [0.2, 0.25) is 0 Å². The zero-order valence-corrected chi connectivity index (χ0v) is 9.27. The summed E-state index contributed by atoms with van der Waals surface area (Å²) < 4.78 is 70.7. The Bertz CT molecular complexity index is 582. The third kappa shape index (κ3) is 2.88. The van der Waals surface area contributed by atoms with Crippen molar-refractivity contribution in [3.8, 4) is 0 Å². The van der Waals surface area contributed by atoms with Crippen molar-refractivity contribution in [2.24, 2.45) is 0 Å². The summed E-state index contributed by atoms with van der Waals surface area (Å²) in [7, 11) is -5.80. The molecule has 10 heteroatoms. The normalized spacial score (nSPS) is 12.2. The highest BCUT2D eigenvalue weighted by Crippen LogP contribution is 2.22. The third-order valence-electron chi connectivity index (χ3n) is 1.79. The molecule has 100 valence electrons. The van der Waals surface area contributed by atoms with Crippen molar-refractivity contribution in [1.82, 2.24) is 4.72 Å². The number of carbonyl (C=O) groups is 1. The van der Waals surface area contributed by atoms with E-state index >= 15 is 0 Å². The average Bonchev–Trinajstić information content (AvgIpc) is 2.19. The third-order valence-corrected chi connectivity index (χ3v) is 2.85. The lowest BCUT2D eigenvalue weighted by atomic mass is 10.2. The zero-order valence-electron chi connectivity index (χ0n) is 8.45. The summed E-state index contributed by atoms with van der Waals surface area (Å²) in [4.78, 5) is 11.2. The number of benzene rings is 1. The molecule has 0 aliphatic rings. The molecule has 0 fully saturated rings. The maximum Gasteiger partial charge on any atom is 0.516 e. The van der Waals surface area contributed by atoms with Crippen molar-refractivity contribution < 1.29 is 30.8 Å². The van der Waals surface area contributed by atoms with Crippen molar-refractivity contribution in [1.29, 1.82) is 0 Å². The fraction of sp³-hybridized carbons (Fsp3) is 0.125. The quantitative estimate of drug-likeness (QED) is 0.626. The molecule has 0 radical (unpaired) electrons. The Balaban J connectivity index is 3.00. The fourth-order valence-corrected chi connectivity index (χ4v) is 1.40. The molecule has 3 N–H and O–H groups in total. The number of hydrogen-bond donors (Lipinski definition) is 2. The predicted molar refractivity (Wildman–Crippen MR) is 53.3 cm³/mol. The molecule has 1 aromatic rings. The minimum absolute atomic E-state index is 0.493. The van der Waals surface area contributed by atoms with Crippen LogP contribution in [-0.2, 0) is 10.0 Å². The molecule has 0 unspecified atom stereocenters. The molecule has 0 aromatic heterocycles. The second kappa shape index (κ2) is 4.44. The molecule has 0 aliphatic heterocycles. The summed E-state index contributed by atoms with van der Waals surface area (Å²) in [5.41, 5.74) is -1.54. The van der Waals surface area contributed by atoms with Crippen LogP contribution >= 0.6 is 0 Å². The Morgan fingerprint density at radius 1 is 1.28 bits per heavy atom. The molecule has 0 saturated heterocycles. The van der Waals surface area contributed by atoms with Gasteiger partial charge < -0.3 is 5.73 Å². The Morgan fingerprint density at radius 3 is 2.28 bits per heavy atom. The van der Waals surface area contributed by atoms with Gasteiger partial charge in [0.25, 0.3) is 5.91 Å². The van der Waals surface area contributed by atoms with Crippen molar-refractivity contribution in [2.45, 2.75) is 5.51 Å². The molecule has 0 saturated carbocycles. The van der Waals surface area contributed by atoms with Crippen molar-refractivity contribution in [3.05, 3.63) is 29.6 Å². The number of alkyl halides is 3. The first-order valence-corrected chi connectivity index (χ1v) is 5.71. The number of nitrogen functional groups attached to an aromatic ring is 1. The molecule has 0 heterocycles. The number of rotatable bonds is 2. The van der Waals surface area contributed by atoms with Crippen LogP contribution in [0.4, 0.5) is 23.2 Å². The van der Waals surface area contributed by atoms with E-state index in [4.69, 9.17) is 5.73 Å². The van der Waals surface area contributed by atoms with Gasteiger partial charge in [-0.15, -0.1) is 0 Å². The van der Waals surface area contributed by atoms with Crippen LogP contribution in [0.5, 0.6) is 0 Å². The summed E-state index contributed by atoms with van der Waals surface area (Å²) in [6.07, 6.45) is 0. The molecule has 0 spiro atoms. The molecule has 5 nitrogen and oxygen atoms in total. The van der Waals surface area contributed by atoms with Crippen molar-refractivity contribution >= 4 is 21.6 Å². The van der Waals surface area contributed by atoms with Gasteiger partial charge in [-0.3, -0.25) is 4.79 Å². The van der Waals surface area contributed by atoms with Gasteiger partial charge in [0, 0.05) is 5.56 Å². The molecular formula is C8H6F4N2O3S. The molecule has 1 aromatic carbocycles. The summed E-state index contributed by atoms with van der Waals surface area (Å²) in [5.74, 6) is -2.44. The van der Waals surface area contributed by atoms with Crippen LogP contribution in [0, 0.1) is 5.82 Å². The van der Waals surface area contributed by atoms with Gasteiger partial charge in [-0.1, -0.05) is 0 Å². The highest BCUT2D eigenvalue weighted by atomic mass is 32.2. The smallest absolute Gasteiger partial charge is 0.396 e. The number of hydrogen-bond acceptors (Lipinski definition) is 4. The fourth-order valence-electron chi connectivity index (χ4n) is 0.924. The van der Waals surface area contributed by atoms with Gasteiger partial charge in [0.1, 0.15) is 5.82 Å². The molecule has 18 heavy (non-hydrogen) atoms. The first kappa shape index (κ1) is 14.2. The van der Waals surface area contributed by atoms with E-state index in [0.717, 1.165) is 22.9 Å². The van der Waals surface area contributed by atoms with Crippen molar-refractivity contribution in [2.75, 3.05) is 5.73 Å². The van der Waals surface area contributed by atoms with Crippen LogP contribution in [0.1, 0.15) is 10.4 Å². The van der Waals surface area contributed by atoms with E-state index in [-0.39, 0.29) is 0 Å². The first-order valence-electron chi connectivity index (χ1n) is 4.23. The van der Waals surface area contributed by atoms with Crippen molar-refractivity contribution in [3.63, 3.8) is 0 Å². The Morgan fingerprint density at radius 2 is 1.83 bits per heavy atom. The van der Waals surface area contributed by atoms with Gasteiger partial charge in [0.2, 0.25) is 0 Å². The minimum Gasteiger partial charge on any atom is -0.396 e. The highest BCUT2D eigenvalue weighted by Gasteiger charge is 2.47. The van der Waals surface area contributed by atoms with E-state index in [1.54, 1.807) is 0 Å². The Kier molecular flexibility index (Phi) is 3.51. The monoisotopic (exact) mass is 286 g/mol. The second-order valence-electron chi connectivity index (χ2n) is 3.12. The lowest BCUT2D eigenvalue weighted by molar-refractivity contribution is -0.0446. The van der Waals surface area contributed by atoms with E-state index in [9.17, 15) is 30.8 Å². The number of halogens is 4. The largest absolute Gasteiger partial charge is 0.516 e. The standard InChI is InChI=1S/C8H6F4N2O3S/c9-5-2-1-4(3-6(5)13)7(15)14-18(16,17)8(10,11)12/h1-3H,13H2,(H,14,15). The SMILES string of the molecule is Nc1cc(C(=O)NS(=O)(=O)C(F)(F)F)ccc1F. The molecule has 1 amide bonds. The van der Waals surface area contributed by atoms with E-state index in [1.807, 2.05) is 0 Å². The van der Waals surface area contributed by atoms with E-state index in [1.165, 1.54) is 0 Å². The number of carbonyl (C=O) groups excluding carboxylic acids is 1. The topological polar surface area (TPSA) is 89.3 Å². The van der Waals surface area contributed by atoms with Crippen LogP contribution in [0.25, 0.3) is 0 Å². The van der Waals surface area contributed by atoms with Gasteiger partial charge >= 0.3 is 15.5 Å². The number of nitrogens with two attached hydrogens (primary N) is 1. The van der Waals surface area contributed by atoms with Crippen LogP contribution in [0.3, 0.4) is 0 Å². The maximum atomic E-state index is 12.7. The van der Waals surface area contributed by atoms with Crippen LogP contribution in [-0.4, -0.2) is 19.8 Å². The molecule has 0 aliphatic carbocycles. The summed E-state index contributed by atoms with van der Waals surface area (Å²) in [6, 6.07) is 2.24. The molecule has 0 atom stereocenters. The summed E-state index contributed by atoms with van der Waals surface area (Å²) >= 11 is 0. The maximum absolute atomic E-state index is 12.7. The van der Waals surface area contributed by atoms with Gasteiger partial charge in [0.05, 0.1) is 5.69 Å². The van der Waals surface area contributed by atoms with E-state index in [2.05, 4.69) is 0 Å². The molecule has 0 bridgehead atoms. The highest BCUT2D eigenvalue weighted by molar-refractivity contribution is 7.90. The average molecular weight is 286 g/mol. The second-order valence-corrected chi connectivity index (χ2v) is 4.79. The summed E-state index contributed by atoms with van der Waals surface area (Å²) in [5, 5.41) is 0. The van der Waals surface area contributed by atoms with Gasteiger partial charge in [-0.25, -0.2) is 9.11 Å². The predicted octanol–water partition coefficient (Wildman–Crippen LogP) is 0.987. The lowest BCUT2D eigenvalue weighted by Crippen LogP contribution is -2.40. The molecule has 1 rings (SSSR count). The van der Waals surface area contributed by atoms with E-state index in [0.29, 0.717) is 0 Å². The zero-order chi connectivity index (χ0) is 14.1. The number of sulfonamides is 1. The Labute approximate surface area is 98.6 Å². The molecular weight excluding hydrogens is 280 g/mol. The number of nitrogens with one attached hydrogen (secondary N) is 1. The lowest BCUT2D eigenvalue weighted by Gasteiger charge is -2.09. The van der Waals surface area contributed by atoms with Gasteiger partial charge in [0.15, 0.2) is 0 Å². The summed E-state index contributed by atoms with van der Waals surface area (Å²) in [6.45, 7) is 0. The first-order chi connectivity index (χ1) is 8.04. The van der Waals surface area contributed by atoms with Gasteiger partial charge in [-0.2, -0.15) is 21.6 Å².